The minimum atomic E-state index is -6.13. The maximum Gasteiger partial charge on any atom is 0.527 e. The van der Waals surface area contributed by atoms with E-state index in [1.165, 1.54) is 18.2 Å². The molecule has 0 unspecified atom stereocenters. The van der Waals surface area contributed by atoms with Gasteiger partial charge in [0.05, 0.1) is 6.42 Å². The molecule has 0 amide bonds. The van der Waals surface area contributed by atoms with E-state index < -0.39 is 36.4 Å². The number of hydrogen-bond donors (Lipinski definition) is 0. The molecule has 0 spiro atoms. The second kappa shape index (κ2) is 6.03. The summed E-state index contributed by atoms with van der Waals surface area (Å²) < 4.78 is 88.8. The Kier molecular flexibility index (Phi) is 4.96. The molecule has 0 aliphatic heterocycles. The summed E-state index contributed by atoms with van der Waals surface area (Å²) in [5, 5.41) is 0. The van der Waals surface area contributed by atoms with Crippen molar-refractivity contribution < 1.29 is 45.1 Å². The van der Waals surface area contributed by atoms with Gasteiger partial charge in [-0.2, -0.15) is 17.6 Å². The minimum Gasteiger partial charge on any atom is -0.294 e. The Morgan fingerprint density at radius 2 is 1.41 bits per heavy atom. The fourth-order valence-electron chi connectivity index (χ4n) is 1.35. The van der Waals surface area contributed by atoms with E-state index in [0.29, 0.717) is 0 Å². The molecule has 1 aromatic carbocycles. The molecule has 0 heterocycles. The fourth-order valence-corrected chi connectivity index (χ4v) is 1.35. The summed E-state index contributed by atoms with van der Waals surface area (Å²) in [7, 11) is 0. The zero-order valence-electron chi connectivity index (χ0n) is 10.5. The van der Waals surface area contributed by atoms with Gasteiger partial charge in [0.1, 0.15) is 0 Å². The molecule has 10 heteroatoms. The van der Waals surface area contributed by atoms with Crippen LogP contribution in [0.2, 0.25) is 0 Å². The van der Waals surface area contributed by atoms with Crippen LogP contribution in [0.4, 0.5) is 30.7 Å². The van der Waals surface area contributed by atoms with E-state index in [9.17, 15) is 40.3 Å². The lowest BCUT2D eigenvalue weighted by molar-refractivity contribution is -0.457. The van der Waals surface area contributed by atoms with Crippen LogP contribution in [-0.2, 0) is 9.53 Å². The Morgan fingerprint density at radius 1 is 0.909 bits per heavy atom. The average Bonchev–Trinajstić information content (AvgIpc) is 2.36. The third-order valence-corrected chi connectivity index (χ3v) is 2.38. The topological polar surface area (TPSA) is 43.4 Å². The zero-order valence-corrected chi connectivity index (χ0v) is 10.5. The Bertz CT molecular complexity index is 552. The Morgan fingerprint density at radius 3 is 1.86 bits per heavy atom. The summed E-state index contributed by atoms with van der Waals surface area (Å²) >= 11 is 0. The molecule has 0 saturated heterocycles. The number of carbonyl (C=O) groups excluding carboxylic acids is 2. The van der Waals surface area contributed by atoms with E-state index >= 15 is 0 Å². The van der Waals surface area contributed by atoms with Gasteiger partial charge in [0.15, 0.2) is 5.78 Å². The van der Waals surface area contributed by atoms with E-state index in [0.717, 1.165) is 12.1 Å². The highest BCUT2D eigenvalue weighted by molar-refractivity contribution is 6.10. The van der Waals surface area contributed by atoms with E-state index in [4.69, 9.17) is 0 Å². The van der Waals surface area contributed by atoms with Gasteiger partial charge in [-0.3, -0.25) is 9.59 Å². The van der Waals surface area contributed by atoms with E-state index in [-0.39, 0.29) is 5.56 Å². The molecule has 1 aromatic rings. The summed E-state index contributed by atoms with van der Waals surface area (Å²) in [5.74, 6) is -9.74. The first-order valence-electron chi connectivity index (χ1n) is 5.51. The van der Waals surface area contributed by atoms with Gasteiger partial charge in [0, 0.05) is 5.56 Å². The maximum absolute atomic E-state index is 13.1. The van der Waals surface area contributed by atoms with Crippen LogP contribution in [0.15, 0.2) is 30.3 Å². The fraction of sp³-hybridized carbons (Fsp3) is 0.333. The number of ether oxygens (including phenoxy) is 1. The van der Waals surface area contributed by atoms with Crippen LogP contribution in [0.3, 0.4) is 0 Å². The molecule has 3 nitrogen and oxygen atoms in total. The molecule has 0 bridgehead atoms. The second-order valence-electron chi connectivity index (χ2n) is 4.03. The van der Waals surface area contributed by atoms with Gasteiger partial charge in [-0.25, -0.2) is 4.74 Å². The minimum absolute atomic E-state index is 0.230. The SMILES string of the molecule is O=C(CC(=O)C(F)(F)C(F)(F)OC(F)(F)F)c1ccccc1. The largest absolute Gasteiger partial charge is 0.527 e. The number of rotatable bonds is 6. The number of alkyl halides is 7. The van der Waals surface area contributed by atoms with Crippen LogP contribution < -0.4 is 0 Å². The quantitative estimate of drug-likeness (QED) is 0.454. The number of halogens is 7. The predicted octanol–water partition coefficient (Wildman–Crippen LogP) is 3.59. The van der Waals surface area contributed by atoms with Crippen LogP contribution in [0, 0.1) is 0 Å². The summed E-state index contributed by atoms with van der Waals surface area (Å²) in [6.07, 6.45) is -13.9. The molecule has 0 radical (unpaired) electrons. The molecule has 22 heavy (non-hydrogen) atoms. The Labute approximate surface area is 118 Å². The standard InChI is InChI=1S/C12H7F7O3/c13-10(14,11(15,16)22-12(17,18)19)9(21)6-8(20)7-4-2-1-3-5-7/h1-5H,6H2. The first-order chi connectivity index (χ1) is 9.87. The monoisotopic (exact) mass is 332 g/mol. The summed E-state index contributed by atoms with van der Waals surface area (Å²) in [6, 6.07) is 6.34. The van der Waals surface area contributed by atoms with Gasteiger partial charge >= 0.3 is 18.4 Å². The van der Waals surface area contributed by atoms with Gasteiger partial charge in [-0.15, -0.1) is 13.2 Å². The maximum atomic E-state index is 13.1. The normalized spacial score (nSPS) is 13.0. The summed E-state index contributed by atoms with van der Waals surface area (Å²) in [4.78, 5) is 22.5. The lowest BCUT2D eigenvalue weighted by Crippen LogP contribution is -2.51. The number of ketones is 2. The van der Waals surface area contributed by atoms with Crippen molar-refractivity contribution in [3.05, 3.63) is 35.9 Å². The van der Waals surface area contributed by atoms with Crippen LogP contribution >= 0.6 is 0 Å². The van der Waals surface area contributed by atoms with Crippen molar-refractivity contribution in [2.75, 3.05) is 0 Å². The van der Waals surface area contributed by atoms with E-state index in [1.807, 2.05) is 4.74 Å². The molecule has 0 N–H and O–H groups in total. The van der Waals surface area contributed by atoms with Crippen LogP contribution in [0.25, 0.3) is 0 Å². The lowest BCUT2D eigenvalue weighted by Gasteiger charge is -2.25. The number of hydrogen-bond acceptors (Lipinski definition) is 3. The zero-order chi connectivity index (χ0) is 17.2. The van der Waals surface area contributed by atoms with Crippen molar-refractivity contribution in [3.8, 4) is 0 Å². The lowest BCUT2D eigenvalue weighted by atomic mass is 10.0. The van der Waals surface area contributed by atoms with Crippen molar-refractivity contribution in [1.82, 2.24) is 0 Å². The first-order valence-corrected chi connectivity index (χ1v) is 5.51. The molecular weight excluding hydrogens is 325 g/mol. The molecule has 0 aromatic heterocycles. The van der Waals surface area contributed by atoms with Gasteiger partial charge in [0.25, 0.3) is 0 Å². The van der Waals surface area contributed by atoms with Crippen LogP contribution in [-0.4, -0.2) is 30.0 Å². The second-order valence-corrected chi connectivity index (χ2v) is 4.03. The van der Waals surface area contributed by atoms with Gasteiger partial charge in [-0.1, -0.05) is 30.3 Å². The van der Waals surface area contributed by atoms with Crippen molar-refractivity contribution in [2.24, 2.45) is 0 Å². The third-order valence-electron chi connectivity index (χ3n) is 2.38. The Hall–Kier alpha value is -1.97. The van der Waals surface area contributed by atoms with E-state index in [1.54, 1.807) is 0 Å². The number of Topliss-reactive ketones (excluding diaryl/α,β-unsaturated/α-hetero) is 2. The molecule has 0 fully saturated rings. The van der Waals surface area contributed by atoms with Crippen molar-refractivity contribution >= 4 is 11.6 Å². The van der Waals surface area contributed by atoms with Crippen LogP contribution in [0.1, 0.15) is 16.8 Å². The summed E-state index contributed by atoms with van der Waals surface area (Å²) in [6.45, 7) is 0. The first kappa shape index (κ1) is 18.1. The van der Waals surface area contributed by atoms with Crippen molar-refractivity contribution in [1.29, 1.82) is 0 Å². The molecule has 0 aliphatic carbocycles. The average molecular weight is 332 g/mol. The predicted molar refractivity (Wildman–Crippen MR) is 57.4 cm³/mol. The van der Waals surface area contributed by atoms with Crippen molar-refractivity contribution in [3.63, 3.8) is 0 Å². The molecule has 0 saturated carbocycles. The van der Waals surface area contributed by atoms with Gasteiger partial charge < -0.3 is 0 Å². The highest BCUT2D eigenvalue weighted by Crippen LogP contribution is 2.41. The highest BCUT2D eigenvalue weighted by atomic mass is 19.4. The number of benzene rings is 1. The third kappa shape index (κ3) is 4.26. The molecule has 0 atom stereocenters. The summed E-state index contributed by atoms with van der Waals surface area (Å²) in [5.41, 5.74) is -0.230. The van der Waals surface area contributed by atoms with Gasteiger partial charge in [-0.05, 0) is 0 Å². The van der Waals surface area contributed by atoms with Crippen molar-refractivity contribution in [2.45, 2.75) is 24.8 Å². The van der Waals surface area contributed by atoms with Gasteiger partial charge in [0.2, 0.25) is 5.78 Å². The Balaban J connectivity index is 2.89. The highest BCUT2D eigenvalue weighted by Gasteiger charge is 2.67. The molecule has 0 aliphatic rings. The molecular formula is C12H7F7O3. The smallest absolute Gasteiger partial charge is 0.294 e. The molecule has 1 rings (SSSR count). The molecule has 122 valence electrons. The number of carbonyl (C=O) groups is 2. The van der Waals surface area contributed by atoms with E-state index in [2.05, 4.69) is 0 Å². The van der Waals surface area contributed by atoms with Crippen LogP contribution in [0.5, 0.6) is 0 Å².